The zero-order valence-electron chi connectivity index (χ0n) is 16.7. The molecule has 0 bridgehead atoms. The molecule has 10 heteroatoms. The summed E-state index contributed by atoms with van der Waals surface area (Å²) in [6, 6.07) is 8.54. The van der Waals surface area contributed by atoms with Crippen LogP contribution in [0.4, 0.5) is 37.6 Å². The summed E-state index contributed by atoms with van der Waals surface area (Å²) in [5, 5.41) is 9.99. The molecular weight excluding hydrogens is 404 g/mol. The second-order valence-corrected chi connectivity index (χ2v) is 6.66. The maximum absolute atomic E-state index is 14.8. The van der Waals surface area contributed by atoms with Crippen LogP contribution in [0.15, 0.2) is 55.0 Å². The van der Waals surface area contributed by atoms with Gasteiger partial charge in [0.25, 0.3) is 0 Å². The van der Waals surface area contributed by atoms with E-state index in [9.17, 15) is 8.78 Å². The summed E-state index contributed by atoms with van der Waals surface area (Å²) >= 11 is 0. The van der Waals surface area contributed by atoms with E-state index in [0.717, 1.165) is 0 Å². The Labute approximate surface area is 176 Å². The SMILES string of the molecule is COc1cccc(F)c1-c1cnc(Nc2cnn(C)c2)nc1Nc1cc(N)ccc1F. The minimum atomic E-state index is -0.541. The molecule has 31 heavy (non-hydrogen) atoms. The molecule has 0 aliphatic heterocycles. The number of methoxy groups -OCH3 is 1. The fourth-order valence-electron chi connectivity index (χ4n) is 3.04. The van der Waals surface area contributed by atoms with Gasteiger partial charge in [-0.2, -0.15) is 10.1 Å². The van der Waals surface area contributed by atoms with Gasteiger partial charge in [0, 0.05) is 30.7 Å². The molecule has 2 aromatic heterocycles. The number of nitrogens with two attached hydrogens (primary N) is 1. The van der Waals surface area contributed by atoms with E-state index in [4.69, 9.17) is 10.5 Å². The first-order valence-electron chi connectivity index (χ1n) is 9.22. The second-order valence-electron chi connectivity index (χ2n) is 6.66. The largest absolute Gasteiger partial charge is 0.496 e. The number of hydrogen-bond acceptors (Lipinski definition) is 7. The quantitative estimate of drug-likeness (QED) is 0.399. The van der Waals surface area contributed by atoms with Gasteiger partial charge in [0.1, 0.15) is 23.2 Å². The van der Waals surface area contributed by atoms with Gasteiger partial charge in [-0.05, 0) is 30.3 Å². The Hall–Kier alpha value is -4.21. The molecule has 2 heterocycles. The maximum Gasteiger partial charge on any atom is 0.229 e. The van der Waals surface area contributed by atoms with E-state index in [2.05, 4.69) is 25.7 Å². The molecule has 158 valence electrons. The fourth-order valence-corrected chi connectivity index (χ4v) is 3.04. The van der Waals surface area contributed by atoms with Crippen LogP contribution in [-0.2, 0) is 7.05 Å². The number of rotatable bonds is 6. The minimum absolute atomic E-state index is 0.0857. The average molecular weight is 423 g/mol. The zero-order valence-corrected chi connectivity index (χ0v) is 16.7. The number of benzene rings is 2. The van der Waals surface area contributed by atoms with Crippen molar-refractivity contribution in [1.82, 2.24) is 19.7 Å². The van der Waals surface area contributed by atoms with E-state index < -0.39 is 11.6 Å². The van der Waals surface area contributed by atoms with Gasteiger partial charge in [0.2, 0.25) is 5.95 Å². The van der Waals surface area contributed by atoms with Crippen molar-refractivity contribution in [3.63, 3.8) is 0 Å². The first-order valence-corrected chi connectivity index (χ1v) is 9.22. The van der Waals surface area contributed by atoms with Crippen LogP contribution in [0.5, 0.6) is 5.75 Å². The number of hydrogen-bond donors (Lipinski definition) is 3. The van der Waals surface area contributed by atoms with Gasteiger partial charge in [0.15, 0.2) is 0 Å². The number of aryl methyl sites for hydroxylation is 1. The lowest BCUT2D eigenvalue weighted by Crippen LogP contribution is -2.05. The highest BCUT2D eigenvalue weighted by Crippen LogP contribution is 2.38. The third kappa shape index (κ3) is 4.22. The molecule has 4 N–H and O–H groups in total. The molecule has 0 fully saturated rings. The van der Waals surface area contributed by atoms with Crippen molar-refractivity contribution in [3.8, 4) is 16.9 Å². The molecule has 0 spiro atoms. The predicted octanol–water partition coefficient (Wildman–Crippen LogP) is 4.23. The number of nitrogens with zero attached hydrogens (tertiary/aromatic N) is 4. The van der Waals surface area contributed by atoms with E-state index in [-0.39, 0.29) is 34.3 Å². The summed E-state index contributed by atoms with van der Waals surface area (Å²) in [7, 11) is 3.21. The first-order chi connectivity index (χ1) is 14.9. The van der Waals surface area contributed by atoms with Crippen molar-refractivity contribution >= 4 is 28.8 Å². The van der Waals surface area contributed by atoms with Crippen molar-refractivity contribution in [1.29, 1.82) is 0 Å². The number of nitrogens with one attached hydrogen (secondary N) is 2. The van der Waals surface area contributed by atoms with E-state index >= 15 is 0 Å². The smallest absolute Gasteiger partial charge is 0.229 e. The standard InChI is InChI=1S/C21H19F2N7O/c1-30-11-13(9-26-30)27-21-25-10-14(19-16(23)4-3-5-18(19)31-2)20(29-21)28-17-8-12(24)6-7-15(17)22/h3-11H,24H2,1-2H3,(H2,25,27,28,29). The lowest BCUT2D eigenvalue weighted by Gasteiger charge is -2.16. The normalized spacial score (nSPS) is 10.7. The molecule has 0 saturated carbocycles. The lowest BCUT2D eigenvalue weighted by atomic mass is 10.1. The highest BCUT2D eigenvalue weighted by molar-refractivity contribution is 5.83. The van der Waals surface area contributed by atoms with Crippen LogP contribution in [-0.4, -0.2) is 26.9 Å². The number of ether oxygens (including phenoxy) is 1. The van der Waals surface area contributed by atoms with Gasteiger partial charge in [-0.15, -0.1) is 0 Å². The Morgan fingerprint density at radius 1 is 1.06 bits per heavy atom. The number of anilines is 5. The molecular formula is C21H19F2N7O. The van der Waals surface area contributed by atoms with Gasteiger partial charge in [0.05, 0.1) is 30.2 Å². The summed E-state index contributed by atoms with van der Waals surface area (Å²) in [6.07, 6.45) is 4.77. The van der Waals surface area contributed by atoms with E-state index in [1.54, 1.807) is 30.2 Å². The molecule has 0 unspecified atom stereocenters. The maximum atomic E-state index is 14.8. The average Bonchev–Trinajstić information content (AvgIpc) is 3.15. The highest BCUT2D eigenvalue weighted by Gasteiger charge is 2.19. The van der Waals surface area contributed by atoms with Crippen LogP contribution in [0.25, 0.3) is 11.1 Å². The van der Waals surface area contributed by atoms with E-state index in [0.29, 0.717) is 11.4 Å². The molecule has 8 nitrogen and oxygen atoms in total. The second kappa shape index (κ2) is 8.27. The summed E-state index contributed by atoms with van der Waals surface area (Å²) in [5.74, 6) is -0.422. The summed E-state index contributed by atoms with van der Waals surface area (Å²) < 4.78 is 36.1. The van der Waals surface area contributed by atoms with Crippen LogP contribution in [0, 0.1) is 11.6 Å². The Morgan fingerprint density at radius 2 is 1.90 bits per heavy atom. The molecule has 4 rings (SSSR count). The van der Waals surface area contributed by atoms with E-state index in [1.165, 1.54) is 43.6 Å². The van der Waals surface area contributed by atoms with Crippen molar-refractivity contribution in [2.45, 2.75) is 0 Å². The summed E-state index contributed by atoms with van der Waals surface area (Å²) in [5.41, 5.74) is 7.32. The molecule has 0 amide bonds. The summed E-state index contributed by atoms with van der Waals surface area (Å²) in [4.78, 5) is 8.71. The Bertz CT molecular complexity index is 1240. The van der Waals surface area contributed by atoms with Crippen molar-refractivity contribution < 1.29 is 13.5 Å². The predicted molar refractivity (Wildman–Crippen MR) is 115 cm³/mol. The van der Waals surface area contributed by atoms with Crippen LogP contribution in [0.2, 0.25) is 0 Å². The molecule has 0 aliphatic carbocycles. The molecule has 2 aromatic carbocycles. The third-order valence-corrected chi connectivity index (χ3v) is 4.46. The molecule has 0 saturated heterocycles. The van der Waals surface area contributed by atoms with Crippen molar-refractivity contribution in [3.05, 3.63) is 66.6 Å². The Balaban J connectivity index is 1.83. The Kier molecular flexibility index (Phi) is 5.35. The van der Waals surface area contributed by atoms with Gasteiger partial charge >= 0.3 is 0 Å². The van der Waals surface area contributed by atoms with Crippen LogP contribution < -0.4 is 21.1 Å². The molecule has 0 aliphatic rings. The monoisotopic (exact) mass is 423 g/mol. The van der Waals surface area contributed by atoms with Gasteiger partial charge in [-0.3, -0.25) is 4.68 Å². The van der Waals surface area contributed by atoms with Crippen molar-refractivity contribution in [2.75, 3.05) is 23.5 Å². The van der Waals surface area contributed by atoms with Crippen LogP contribution in [0.3, 0.4) is 0 Å². The highest BCUT2D eigenvalue weighted by atomic mass is 19.1. The Morgan fingerprint density at radius 3 is 2.65 bits per heavy atom. The van der Waals surface area contributed by atoms with E-state index in [1.807, 2.05) is 0 Å². The third-order valence-electron chi connectivity index (χ3n) is 4.46. The number of halogens is 2. The first kappa shape index (κ1) is 20.1. The van der Waals surface area contributed by atoms with Gasteiger partial charge in [-0.1, -0.05) is 6.07 Å². The summed E-state index contributed by atoms with van der Waals surface area (Å²) in [6.45, 7) is 0. The topological polar surface area (TPSA) is 103 Å². The number of nitrogen functional groups attached to an aromatic ring is 1. The van der Waals surface area contributed by atoms with Gasteiger partial charge in [-0.25, -0.2) is 13.8 Å². The van der Waals surface area contributed by atoms with Crippen LogP contribution in [0.1, 0.15) is 0 Å². The van der Waals surface area contributed by atoms with Crippen LogP contribution >= 0.6 is 0 Å². The van der Waals surface area contributed by atoms with Crippen molar-refractivity contribution in [2.24, 2.45) is 7.05 Å². The van der Waals surface area contributed by atoms with Gasteiger partial charge < -0.3 is 21.1 Å². The minimum Gasteiger partial charge on any atom is -0.496 e. The fraction of sp³-hybridized carbons (Fsp3) is 0.0952. The molecule has 0 atom stereocenters. The lowest BCUT2D eigenvalue weighted by molar-refractivity contribution is 0.413. The molecule has 0 radical (unpaired) electrons. The zero-order chi connectivity index (χ0) is 22.0. The molecule has 4 aromatic rings. The number of aromatic nitrogens is 4.